The van der Waals surface area contributed by atoms with Gasteiger partial charge in [-0.2, -0.15) is 0 Å². The Morgan fingerprint density at radius 3 is 2.45 bits per heavy atom. The Morgan fingerprint density at radius 1 is 1.23 bits per heavy atom. The molecule has 0 radical (unpaired) electrons. The van der Waals surface area contributed by atoms with Gasteiger partial charge < -0.3 is 14.5 Å². The van der Waals surface area contributed by atoms with Gasteiger partial charge in [-0.1, -0.05) is 32.0 Å². The Bertz CT molecular complexity index is 455. The molecular weight excluding hydrogens is 276 g/mol. The van der Waals surface area contributed by atoms with Crippen LogP contribution in [0.15, 0.2) is 30.3 Å². The smallest absolute Gasteiger partial charge is 0.260 e. The first-order chi connectivity index (χ1) is 10.6. The van der Waals surface area contributed by atoms with Crippen LogP contribution < -0.4 is 4.74 Å². The van der Waals surface area contributed by atoms with E-state index in [0.29, 0.717) is 5.92 Å². The average Bonchev–Trinajstić information content (AvgIpc) is 3.03. The van der Waals surface area contributed by atoms with Crippen LogP contribution in [0, 0.1) is 5.92 Å². The quantitative estimate of drug-likeness (QED) is 0.776. The highest BCUT2D eigenvalue weighted by atomic mass is 16.5. The maximum absolute atomic E-state index is 12.4. The second-order valence-electron chi connectivity index (χ2n) is 6.43. The minimum Gasteiger partial charge on any atom is -0.484 e. The summed E-state index contributed by atoms with van der Waals surface area (Å²) in [6.07, 6.45) is 2.55. The molecule has 2 rings (SSSR count). The lowest BCUT2D eigenvalue weighted by Crippen LogP contribution is -2.48. The number of likely N-dealkylation sites (N-methyl/N-ethyl adjacent to an activating group) is 1. The molecule has 1 aliphatic rings. The van der Waals surface area contributed by atoms with Gasteiger partial charge in [-0.15, -0.1) is 0 Å². The number of benzene rings is 1. The summed E-state index contributed by atoms with van der Waals surface area (Å²) in [6.45, 7) is 7.75. The van der Waals surface area contributed by atoms with Crippen molar-refractivity contribution < 1.29 is 9.53 Å². The summed E-state index contributed by atoms with van der Waals surface area (Å²) >= 11 is 0. The van der Waals surface area contributed by atoms with E-state index in [-0.39, 0.29) is 18.6 Å². The van der Waals surface area contributed by atoms with Gasteiger partial charge >= 0.3 is 0 Å². The fourth-order valence-corrected chi connectivity index (χ4v) is 2.96. The van der Waals surface area contributed by atoms with Gasteiger partial charge in [0.25, 0.3) is 5.91 Å². The zero-order valence-electron chi connectivity index (χ0n) is 14.0. The fraction of sp³-hybridized carbons (Fsp3) is 0.611. The van der Waals surface area contributed by atoms with Crippen LogP contribution in [0.4, 0.5) is 0 Å². The van der Waals surface area contributed by atoms with Crippen LogP contribution in [0.2, 0.25) is 0 Å². The first-order valence-corrected chi connectivity index (χ1v) is 8.24. The topological polar surface area (TPSA) is 32.8 Å². The molecule has 1 aromatic rings. The lowest BCUT2D eigenvalue weighted by atomic mass is 10.0. The summed E-state index contributed by atoms with van der Waals surface area (Å²) < 4.78 is 5.58. The van der Waals surface area contributed by atoms with Gasteiger partial charge in [0.1, 0.15) is 5.75 Å². The first kappa shape index (κ1) is 16.8. The predicted molar refractivity (Wildman–Crippen MR) is 89.0 cm³/mol. The van der Waals surface area contributed by atoms with Crippen LogP contribution in [0.3, 0.4) is 0 Å². The number of hydrogen-bond donors (Lipinski definition) is 0. The Balaban J connectivity index is 1.88. The second-order valence-corrected chi connectivity index (χ2v) is 6.43. The van der Waals surface area contributed by atoms with Crippen molar-refractivity contribution in [2.24, 2.45) is 5.92 Å². The van der Waals surface area contributed by atoms with Crippen molar-refractivity contribution in [3.63, 3.8) is 0 Å². The molecule has 0 saturated carbocycles. The Hall–Kier alpha value is -1.55. The summed E-state index contributed by atoms with van der Waals surface area (Å²) in [4.78, 5) is 16.8. The van der Waals surface area contributed by atoms with Gasteiger partial charge in [0, 0.05) is 19.6 Å². The molecule has 1 aliphatic heterocycles. The van der Waals surface area contributed by atoms with Crippen molar-refractivity contribution in [1.29, 1.82) is 0 Å². The lowest BCUT2D eigenvalue weighted by Gasteiger charge is -2.34. The van der Waals surface area contributed by atoms with E-state index in [2.05, 4.69) is 18.7 Å². The van der Waals surface area contributed by atoms with Crippen molar-refractivity contribution in [2.75, 3.05) is 33.3 Å². The van der Waals surface area contributed by atoms with E-state index in [9.17, 15) is 4.79 Å². The van der Waals surface area contributed by atoms with E-state index in [4.69, 9.17) is 4.74 Å². The van der Waals surface area contributed by atoms with Crippen LogP contribution in [0.25, 0.3) is 0 Å². The molecule has 1 saturated heterocycles. The van der Waals surface area contributed by atoms with Gasteiger partial charge in [0.05, 0.1) is 0 Å². The maximum atomic E-state index is 12.4. The second kappa shape index (κ2) is 8.18. The van der Waals surface area contributed by atoms with Crippen LogP contribution in [-0.2, 0) is 4.79 Å². The number of amides is 1. The molecule has 4 heteroatoms. The van der Waals surface area contributed by atoms with Gasteiger partial charge in [-0.25, -0.2) is 0 Å². The molecular formula is C18H28N2O2. The number of para-hydroxylation sites is 1. The van der Waals surface area contributed by atoms with Crippen molar-refractivity contribution in [2.45, 2.75) is 32.7 Å². The lowest BCUT2D eigenvalue weighted by molar-refractivity contribution is -0.135. The molecule has 122 valence electrons. The van der Waals surface area contributed by atoms with Gasteiger partial charge in [0.15, 0.2) is 6.61 Å². The molecule has 0 aliphatic carbocycles. The molecule has 4 nitrogen and oxygen atoms in total. The molecule has 1 atom stereocenters. The Kier molecular flexibility index (Phi) is 6.25. The van der Waals surface area contributed by atoms with Crippen molar-refractivity contribution in [1.82, 2.24) is 9.80 Å². The number of likely N-dealkylation sites (tertiary alicyclic amines) is 1. The average molecular weight is 304 g/mol. The van der Waals surface area contributed by atoms with Gasteiger partial charge in [0.2, 0.25) is 0 Å². The van der Waals surface area contributed by atoms with Crippen molar-refractivity contribution >= 4 is 5.91 Å². The molecule has 22 heavy (non-hydrogen) atoms. The zero-order valence-corrected chi connectivity index (χ0v) is 14.0. The summed E-state index contributed by atoms with van der Waals surface area (Å²) in [5.74, 6) is 1.22. The molecule has 1 aromatic carbocycles. The van der Waals surface area contributed by atoms with Crippen LogP contribution in [-0.4, -0.2) is 55.0 Å². The molecule has 1 heterocycles. The SMILES string of the molecule is CC(C)[C@@H](CN1CCCC1)N(C)C(=O)COc1ccccc1. The third-order valence-corrected chi connectivity index (χ3v) is 4.41. The Labute approximate surface area is 134 Å². The number of hydrogen-bond acceptors (Lipinski definition) is 3. The van der Waals surface area contributed by atoms with Crippen molar-refractivity contribution in [3.8, 4) is 5.75 Å². The Morgan fingerprint density at radius 2 is 1.86 bits per heavy atom. The van der Waals surface area contributed by atoms with E-state index in [0.717, 1.165) is 25.4 Å². The number of carbonyl (C=O) groups excluding carboxylic acids is 1. The number of rotatable bonds is 7. The first-order valence-electron chi connectivity index (χ1n) is 8.24. The highest BCUT2D eigenvalue weighted by Crippen LogP contribution is 2.16. The summed E-state index contributed by atoms with van der Waals surface area (Å²) in [5.41, 5.74) is 0. The molecule has 0 spiro atoms. The van der Waals surface area contributed by atoms with Crippen LogP contribution in [0.1, 0.15) is 26.7 Å². The molecule has 0 N–H and O–H groups in total. The third kappa shape index (κ3) is 4.73. The summed E-state index contributed by atoms with van der Waals surface area (Å²) in [6, 6.07) is 9.74. The largest absolute Gasteiger partial charge is 0.484 e. The maximum Gasteiger partial charge on any atom is 0.260 e. The number of carbonyl (C=O) groups is 1. The molecule has 0 aromatic heterocycles. The zero-order chi connectivity index (χ0) is 15.9. The van der Waals surface area contributed by atoms with Crippen LogP contribution in [0.5, 0.6) is 5.75 Å². The minimum atomic E-state index is 0.0433. The van der Waals surface area contributed by atoms with E-state index >= 15 is 0 Å². The van der Waals surface area contributed by atoms with Crippen LogP contribution >= 0.6 is 0 Å². The molecule has 0 bridgehead atoms. The monoisotopic (exact) mass is 304 g/mol. The standard InChI is InChI=1S/C18H28N2O2/c1-15(2)17(13-20-11-7-8-12-20)19(3)18(21)14-22-16-9-5-4-6-10-16/h4-6,9-10,15,17H,7-8,11-14H2,1-3H3/t17-/m1/s1. The fourth-order valence-electron chi connectivity index (χ4n) is 2.96. The predicted octanol–water partition coefficient (Wildman–Crippen LogP) is 2.64. The van der Waals surface area contributed by atoms with E-state index < -0.39 is 0 Å². The van der Waals surface area contributed by atoms with E-state index in [1.165, 1.54) is 12.8 Å². The van der Waals surface area contributed by atoms with E-state index in [1.54, 1.807) is 0 Å². The highest BCUT2D eigenvalue weighted by Gasteiger charge is 2.26. The highest BCUT2D eigenvalue weighted by molar-refractivity contribution is 5.77. The normalized spacial score (nSPS) is 16.7. The van der Waals surface area contributed by atoms with E-state index in [1.807, 2.05) is 42.3 Å². The minimum absolute atomic E-state index is 0.0433. The molecule has 1 amide bonds. The molecule has 0 unspecified atom stereocenters. The third-order valence-electron chi connectivity index (χ3n) is 4.41. The number of nitrogens with zero attached hydrogens (tertiary/aromatic N) is 2. The number of ether oxygens (including phenoxy) is 1. The molecule has 1 fully saturated rings. The van der Waals surface area contributed by atoms with Crippen molar-refractivity contribution in [3.05, 3.63) is 30.3 Å². The van der Waals surface area contributed by atoms with Gasteiger partial charge in [-0.05, 0) is 44.0 Å². The summed E-state index contributed by atoms with van der Waals surface area (Å²) in [7, 11) is 1.90. The van der Waals surface area contributed by atoms with Gasteiger partial charge in [-0.3, -0.25) is 4.79 Å². The summed E-state index contributed by atoms with van der Waals surface area (Å²) in [5, 5.41) is 0.